The highest BCUT2D eigenvalue weighted by Crippen LogP contribution is 2.27. The van der Waals surface area contributed by atoms with E-state index >= 15 is 0 Å². The molecule has 2 aromatic heterocycles. The first-order valence-electron chi connectivity index (χ1n) is 10.0. The van der Waals surface area contributed by atoms with Gasteiger partial charge in [0.2, 0.25) is 5.13 Å². The van der Waals surface area contributed by atoms with Crippen molar-refractivity contribution in [3.05, 3.63) is 102 Å². The molecule has 0 saturated carbocycles. The van der Waals surface area contributed by atoms with E-state index in [2.05, 4.69) is 31.9 Å². The van der Waals surface area contributed by atoms with Crippen LogP contribution in [0.2, 0.25) is 0 Å². The van der Waals surface area contributed by atoms with E-state index < -0.39 is 0 Å². The van der Waals surface area contributed by atoms with Crippen molar-refractivity contribution in [2.75, 3.05) is 10.7 Å². The molecule has 32 heavy (non-hydrogen) atoms. The summed E-state index contributed by atoms with van der Waals surface area (Å²) in [6.07, 6.45) is 3.71. The third-order valence-electron chi connectivity index (χ3n) is 4.94. The van der Waals surface area contributed by atoms with Gasteiger partial charge in [0.1, 0.15) is 0 Å². The van der Waals surface area contributed by atoms with Crippen molar-refractivity contribution in [3.8, 4) is 11.3 Å². The number of carbonyl (C=O) groups is 1. The first kappa shape index (κ1) is 19.7. The molecule has 3 aromatic carbocycles. The van der Waals surface area contributed by atoms with Gasteiger partial charge in [-0.05, 0) is 30.3 Å². The van der Waals surface area contributed by atoms with E-state index in [9.17, 15) is 4.79 Å². The number of anilines is 2. The summed E-state index contributed by atoms with van der Waals surface area (Å²) in [5.74, 6) is -0.144. The fourth-order valence-corrected chi connectivity index (χ4v) is 4.03. The lowest BCUT2D eigenvalue weighted by Crippen LogP contribution is -2.11. The number of hydrazone groups is 1. The summed E-state index contributed by atoms with van der Waals surface area (Å²) >= 11 is 1.47. The van der Waals surface area contributed by atoms with Crippen molar-refractivity contribution in [1.29, 1.82) is 0 Å². The molecule has 1 amide bonds. The Bertz CT molecular complexity index is 1400. The van der Waals surface area contributed by atoms with Crippen molar-refractivity contribution in [3.63, 3.8) is 0 Å². The van der Waals surface area contributed by atoms with Crippen LogP contribution in [-0.2, 0) is 0 Å². The lowest BCUT2D eigenvalue weighted by Gasteiger charge is -2.06. The molecule has 5 aromatic rings. The standard InChI is InChI=1S/C25H19N5OS/c31-24(17-7-2-1-3-8-17)28-20-10-6-9-18(13-20)23-16-32-25(29-23)30-27-15-19-14-26-22-12-5-4-11-21(19)22/h1-16,26H,(H,28,31)(H,29,30)/b27-15+. The predicted molar refractivity (Wildman–Crippen MR) is 131 cm³/mol. The SMILES string of the molecule is O=C(Nc1cccc(-c2csc(N/N=C/c3c[nH]c4ccccc34)n2)c1)c1ccccc1. The maximum atomic E-state index is 12.4. The second-order valence-corrected chi connectivity index (χ2v) is 7.96. The summed E-state index contributed by atoms with van der Waals surface area (Å²) < 4.78 is 0. The Kier molecular flexibility index (Phi) is 5.47. The van der Waals surface area contributed by atoms with Crippen LogP contribution in [0.15, 0.2) is 95.5 Å². The Morgan fingerprint density at radius 3 is 2.75 bits per heavy atom. The third kappa shape index (κ3) is 4.28. The molecule has 0 unspecified atom stereocenters. The van der Waals surface area contributed by atoms with E-state index in [-0.39, 0.29) is 5.91 Å². The molecule has 0 aliphatic carbocycles. The van der Waals surface area contributed by atoms with Crippen LogP contribution in [0, 0.1) is 0 Å². The average Bonchev–Trinajstić information content (AvgIpc) is 3.48. The molecule has 0 aliphatic heterocycles. The largest absolute Gasteiger partial charge is 0.361 e. The number of aromatic nitrogens is 2. The zero-order valence-electron chi connectivity index (χ0n) is 16.9. The highest BCUT2D eigenvalue weighted by molar-refractivity contribution is 7.14. The molecule has 7 heteroatoms. The van der Waals surface area contributed by atoms with E-state index in [4.69, 9.17) is 0 Å². The van der Waals surface area contributed by atoms with Crippen LogP contribution in [0.25, 0.3) is 22.2 Å². The molecule has 0 radical (unpaired) electrons. The van der Waals surface area contributed by atoms with E-state index in [0.29, 0.717) is 10.7 Å². The minimum Gasteiger partial charge on any atom is -0.361 e. The van der Waals surface area contributed by atoms with Gasteiger partial charge in [-0.25, -0.2) is 4.98 Å². The van der Waals surface area contributed by atoms with Crippen molar-refractivity contribution in [2.45, 2.75) is 0 Å². The van der Waals surface area contributed by atoms with Crippen LogP contribution in [0.4, 0.5) is 10.8 Å². The van der Waals surface area contributed by atoms with Crippen LogP contribution < -0.4 is 10.7 Å². The first-order chi connectivity index (χ1) is 15.8. The molecule has 0 saturated heterocycles. The van der Waals surface area contributed by atoms with Crippen LogP contribution in [0.5, 0.6) is 0 Å². The number of fused-ring (bicyclic) bond motifs is 1. The van der Waals surface area contributed by atoms with Gasteiger partial charge in [-0.15, -0.1) is 11.3 Å². The second kappa shape index (κ2) is 8.87. The van der Waals surface area contributed by atoms with Crippen molar-refractivity contribution in [1.82, 2.24) is 9.97 Å². The van der Waals surface area contributed by atoms with Crippen LogP contribution >= 0.6 is 11.3 Å². The number of hydrogen-bond donors (Lipinski definition) is 3. The maximum absolute atomic E-state index is 12.4. The van der Waals surface area contributed by atoms with Crippen LogP contribution in [0.1, 0.15) is 15.9 Å². The van der Waals surface area contributed by atoms with Gasteiger partial charge in [0.05, 0.1) is 11.9 Å². The quantitative estimate of drug-likeness (QED) is 0.225. The number of rotatable bonds is 6. The summed E-state index contributed by atoms with van der Waals surface area (Å²) in [7, 11) is 0. The molecule has 0 spiro atoms. The van der Waals surface area contributed by atoms with Crippen molar-refractivity contribution >= 4 is 45.2 Å². The number of amides is 1. The van der Waals surface area contributed by atoms with Gasteiger partial charge in [-0.1, -0.05) is 48.5 Å². The number of benzene rings is 3. The molecule has 6 nitrogen and oxygen atoms in total. The number of thiazole rings is 1. The highest BCUT2D eigenvalue weighted by Gasteiger charge is 2.08. The Morgan fingerprint density at radius 1 is 1.00 bits per heavy atom. The van der Waals surface area contributed by atoms with Crippen LogP contribution in [0.3, 0.4) is 0 Å². The van der Waals surface area contributed by atoms with Gasteiger partial charge in [0.15, 0.2) is 0 Å². The Hall–Kier alpha value is -4.23. The zero-order chi connectivity index (χ0) is 21.8. The fraction of sp³-hybridized carbons (Fsp3) is 0. The number of aromatic amines is 1. The number of nitrogens with one attached hydrogen (secondary N) is 3. The Morgan fingerprint density at radius 2 is 1.84 bits per heavy atom. The summed E-state index contributed by atoms with van der Waals surface area (Å²) in [6, 6.07) is 24.9. The van der Waals surface area contributed by atoms with Crippen molar-refractivity contribution in [2.24, 2.45) is 5.10 Å². The normalized spacial score (nSPS) is 11.1. The fourth-order valence-electron chi connectivity index (χ4n) is 3.36. The maximum Gasteiger partial charge on any atom is 0.255 e. The predicted octanol–water partition coefficient (Wildman–Crippen LogP) is 5.99. The van der Waals surface area contributed by atoms with Gasteiger partial charge in [0.25, 0.3) is 5.91 Å². The second-order valence-electron chi connectivity index (χ2n) is 7.10. The Labute approximate surface area is 188 Å². The molecule has 0 fully saturated rings. The average molecular weight is 438 g/mol. The van der Waals surface area contributed by atoms with E-state index in [1.54, 1.807) is 18.3 Å². The monoisotopic (exact) mass is 437 g/mol. The number of carbonyl (C=O) groups excluding carboxylic acids is 1. The number of para-hydroxylation sites is 1. The number of H-pyrrole nitrogens is 1. The number of hydrogen-bond acceptors (Lipinski definition) is 5. The summed E-state index contributed by atoms with van der Waals surface area (Å²) in [4.78, 5) is 20.3. The van der Waals surface area contributed by atoms with Gasteiger partial charge in [-0.2, -0.15) is 5.10 Å². The summed E-state index contributed by atoms with van der Waals surface area (Å²) in [5, 5.41) is 11.0. The molecule has 156 valence electrons. The molecule has 0 atom stereocenters. The summed E-state index contributed by atoms with van der Waals surface area (Å²) in [6.45, 7) is 0. The molecular formula is C25H19N5OS. The molecule has 5 rings (SSSR count). The van der Waals surface area contributed by atoms with Crippen molar-refractivity contribution < 1.29 is 4.79 Å². The molecular weight excluding hydrogens is 418 g/mol. The van der Waals surface area contributed by atoms with Crippen LogP contribution in [-0.4, -0.2) is 22.1 Å². The van der Waals surface area contributed by atoms with Gasteiger partial charge in [-0.3, -0.25) is 10.2 Å². The lowest BCUT2D eigenvalue weighted by atomic mass is 10.1. The van der Waals surface area contributed by atoms with E-state index in [0.717, 1.165) is 33.4 Å². The lowest BCUT2D eigenvalue weighted by molar-refractivity contribution is 0.102. The smallest absolute Gasteiger partial charge is 0.255 e. The third-order valence-corrected chi connectivity index (χ3v) is 5.69. The zero-order valence-corrected chi connectivity index (χ0v) is 17.8. The van der Waals surface area contributed by atoms with E-state index in [1.165, 1.54) is 11.3 Å². The molecule has 3 N–H and O–H groups in total. The minimum absolute atomic E-state index is 0.144. The summed E-state index contributed by atoms with van der Waals surface area (Å²) in [5.41, 5.74) is 8.15. The van der Waals surface area contributed by atoms with Gasteiger partial charge in [0, 0.05) is 44.9 Å². The highest BCUT2D eigenvalue weighted by atomic mass is 32.1. The van der Waals surface area contributed by atoms with E-state index in [1.807, 2.05) is 72.2 Å². The number of nitrogens with zero attached hydrogens (tertiary/aromatic N) is 2. The molecule has 0 aliphatic rings. The Balaban J connectivity index is 1.27. The minimum atomic E-state index is -0.144. The van der Waals surface area contributed by atoms with Gasteiger partial charge >= 0.3 is 0 Å². The topological polar surface area (TPSA) is 82.2 Å². The van der Waals surface area contributed by atoms with Gasteiger partial charge < -0.3 is 10.3 Å². The molecule has 0 bridgehead atoms. The first-order valence-corrected chi connectivity index (χ1v) is 10.9. The molecule has 2 heterocycles.